The maximum atomic E-state index is 11.0. The van der Waals surface area contributed by atoms with E-state index in [-0.39, 0.29) is 11.8 Å². The lowest BCUT2D eigenvalue weighted by atomic mass is 9.96. The summed E-state index contributed by atoms with van der Waals surface area (Å²) in [6.07, 6.45) is 0.895. The lowest BCUT2D eigenvalue weighted by Crippen LogP contribution is -2.33. The molecular formula is C14H20BrNO2. The number of carbonyl (C=O) groups is 1. The van der Waals surface area contributed by atoms with Crippen LogP contribution in [-0.4, -0.2) is 24.2 Å². The van der Waals surface area contributed by atoms with Crippen molar-refractivity contribution in [3.63, 3.8) is 0 Å². The first-order valence-electron chi connectivity index (χ1n) is 6.19. The van der Waals surface area contributed by atoms with Crippen molar-refractivity contribution in [1.82, 2.24) is 5.32 Å². The molecule has 0 heterocycles. The Morgan fingerprint density at radius 1 is 1.39 bits per heavy atom. The molecule has 18 heavy (non-hydrogen) atoms. The van der Waals surface area contributed by atoms with Crippen LogP contribution >= 0.6 is 15.9 Å². The SMILES string of the molecule is CC(C)C(CNCCc1ccccc1Br)C(=O)O. The minimum atomic E-state index is -0.724. The maximum Gasteiger partial charge on any atom is 0.308 e. The van der Waals surface area contributed by atoms with Gasteiger partial charge in [0.05, 0.1) is 5.92 Å². The molecule has 1 unspecified atom stereocenters. The number of rotatable bonds is 7. The Morgan fingerprint density at radius 2 is 2.06 bits per heavy atom. The van der Waals surface area contributed by atoms with Gasteiger partial charge < -0.3 is 10.4 Å². The van der Waals surface area contributed by atoms with Crippen LogP contribution < -0.4 is 5.32 Å². The van der Waals surface area contributed by atoms with Crippen LogP contribution in [0.25, 0.3) is 0 Å². The summed E-state index contributed by atoms with van der Waals surface area (Å²) in [6, 6.07) is 8.08. The molecule has 100 valence electrons. The van der Waals surface area contributed by atoms with Crippen molar-refractivity contribution in [3.8, 4) is 0 Å². The van der Waals surface area contributed by atoms with Crippen LogP contribution in [0.4, 0.5) is 0 Å². The average Bonchev–Trinajstić information content (AvgIpc) is 2.30. The second-order valence-corrected chi connectivity index (χ2v) is 5.59. The first-order chi connectivity index (χ1) is 8.52. The zero-order valence-electron chi connectivity index (χ0n) is 10.8. The third-order valence-electron chi connectivity index (χ3n) is 3.02. The van der Waals surface area contributed by atoms with E-state index in [2.05, 4.69) is 27.3 Å². The van der Waals surface area contributed by atoms with Gasteiger partial charge in [-0.25, -0.2) is 0 Å². The zero-order valence-corrected chi connectivity index (χ0v) is 12.4. The fourth-order valence-corrected chi connectivity index (χ4v) is 2.27. The molecule has 1 aromatic carbocycles. The van der Waals surface area contributed by atoms with Crippen LogP contribution in [-0.2, 0) is 11.2 Å². The highest BCUT2D eigenvalue weighted by molar-refractivity contribution is 9.10. The Bertz CT molecular complexity index is 393. The van der Waals surface area contributed by atoms with Gasteiger partial charge in [-0.15, -0.1) is 0 Å². The van der Waals surface area contributed by atoms with Gasteiger partial charge in [0, 0.05) is 11.0 Å². The number of carboxylic acid groups (broad SMARTS) is 1. The Kier molecular flexibility index (Phi) is 6.36. The van der Waals surface area contributed by atoms with E-state index >= 15 is 0 Å². The average molecular weight is 314 g/mol. The smallest absolute Gasteiger partial charge is 0.308 e. The third kappa shape index (κ3) is 4.78. The lowest BCUT2D eigenvalue weighted by Gasteiger charge is -2.16. The topological polar surface area (TPSA) is 49.3 Å². The number of hydrogen-bond donors (Lipinski definition) is 2. The van der Waals surface area contributed by atoms with Gasteiger partial charge in [0.2, 0.25) is 0 Å². The number of benzene rings is 1. The van der Waals surface area contributed by atoms with Crippen molar-refractivity contribution in [2.45, 2.75) is 20.3 Å². The minimum Gasteiger partial charge on any atom is -0.481 e. The second-order valence-electron chi connectivity index (χ2n) is 4.73. The molecule has 0 saturated heterocycles. The molecule has 0 amide bonds. The summed E-state index contributed by atoms with van der Waals surface area (Å²) in [5.74, 6) is -0.888. The molecule has 0 aliphatic rings. The monoisotopic (exact) mass is 313 g/mol. The van der Waals surface area contributed by atoms with E-state index in [4.69, 9.17) is 5.11 Å². The first-order valence-corrected chi connectivity index (χ1v) is 6.98. The van der Waals surface area contributed by atoms with Crippen molar-refractivity contribution in [3.05, 3.63) is 34.3 Å². The Hall–Kier alpha value is -0.870. The van der Waals surface area contributed by atoms with Gasteiger partial charge in [0.25, 0.3) is 0 Å². The molecule has 1 atom stereocenters. The maximum absolute atomic E-state index is 11.0. The molecule has 0 saturated carbocycles. The number of aliphatic carboxylic acids is 1. The molecular weight excluding hydrogens is 294 g/mol. The predicted octanol–water partition coefficient (Wildman–Crippen LogP) is 2.94. The predicted molar refractivity (Wildman–Crippen MR) is 76.7 cm³/mol. The molecule has 0 fully saturated rings. The van der Waals surface area contributed by atoms with E-state index in [9.17, 15) is 4.79 Å². The van der Waals surface area contributed by atoms with Gasteiger partial charge in [0.15, 0.2) is 0 Å². The summed E-state index contributed by atoms with van der Waals surface area (Å²) in [4.78, 5) is 11.0. The summed E-state index contributed by atoms with van der Waals surface area (Å²) in [6.45, 7) is 5.19. The van der Waals surface area contributed by atoms with Gasteiger partial charge in [-0.05, 0) is 30.5 Å². The highest BCUT2D eigenvalue weighted by Crippen LogP contribution is 2.16. The quantitative estimate of drug-likeness (QED) is 0.761. The van der Waals surface area contributed by atoms with Crippen molar-refractivity contribution in [2.75, 3.05) is 13.1 Å². The van der Waals surface area contributed by atoms with Gasteiger partial charge in [0.1, 0.15) is 0 Å². The summed E-state index contributed by atoms with van der Waals surface area (Å²) in [7, 11) is 0. The number of nitrogens with one attached hydrogen (secondary N) is 1. The Labute approximate surface area is 117 Å². The second kappa shape index (κ2) is 7.54. The fourth-order valence-electron chi connectivity index (χ4n) is 1.79. The lowest BCUT2D eigenvalue weighted by molar-refractivity contribution is -0.143. The van der Waals surface area contributed by atoms with Gasteiger partial charge in [-0.1, -0.05) is 48.0 Å². The number of carboxylic acids is 1. The van der Waals surface area contributed by atoms with E-state index in [1.54, 1.807) is 0 Å². The molecule has 1 aromatic rings. The van der Waals surface area contributed by atoms with Crippen LogP contribution in [0.3, 0.4) is 0 Å². The Morgan fingerprint density at radius 3 is 2.61 bits per heavy atom. The van der Waals surface area contributed by atoms with Crippen molar-refractivity contribution < 1.29 is 9.90 Å². The molecule has 1 rings (SSSR count). The number of hydrogen-bond acceptors (Lipinski definition) is 2. The fraction of sp³-hybridized carbons (Fsp3) is 0.500. The van der Waals surface area contributed by atoms with Crippen molar-refractivity contribution in [2.24, 2.45) is 11.8 Å². The van der Waals surface area contributed by atoms with E-state index in [0.29, 0.717) is 6.54 Å². The first kappa shape index (κ1) is 15.2. The molecule has 4 heteroatoms. The van der Waals surface area contributed by atoms with Gasteiger partial charge >= 0.3 is 5.97 Å². The van der Waals surface area contributed by atoms with Crippen LogP contribution in [0.5, 0.6) is 0 Å². The van der Waals surface area contributed by atoms with Gasteiger partial charge in [-0.2, -0.15) is 0 Å². The summed E-state index contributed by atoms with van der Waals surface area (Å²) in [5.41, 5.74) is 1.24. The zero-order chi connectivity index (χ0) is 13.5. The van der Waals surface area contributed by atoms with E-state index in [0.717, 1.165) is 17.4 Å². The van der Waals surface area contributed by atoms with Crippen molar-refractivity contribution in [1.29, 1.82) is 0 Å². The summed E-state index contributed by atoms with van der Waals surface area (Å²) >= 11 is 3.50. The van der Waals surface area contributed by atoms with E-state index < -0.39 is 5.97 Å². The third-order valence-corrected chi connectivity index (χ3v) is 3.79. The summed E-state index contributed by atoms with van der Waals surface area (Å²) in [5, 5.41) is 12.3. The molecule has 0 bridgehead atoms. The minimum absolute atomic E-state index is 0.151. The molecule has 0 aliphatic carbocycles. The van der Waals surface area contributed by atoms with Crippen LogP contribution in [0.15, 0.2) is 28.7 Å². The van der Waals surface area contributed by atoms with E-state index in [1.165, 1.54) is 5.56 Å². The van der Waals surface area contributed by atoms with Crippen LogP contribution in [0, 0.1) is 11.8 Å². The molecule has 0 aromatic heterocycles. The van der Waals surface area contributed by atoms with Crippen molar-refractivity contribution >= 4 is 21.9 Å². The Balaban J connectivity index is 2.34. The molecule has 2 N–H and O–H groups in total. The highest BCUT2D eigenvalue weighted by atomic mass is 79.9. The largest absolute Gasteiger partial charge is 0.481 e. The molecule has 0 radical (unpaired) electrons. The number of halogens is 1. The van der Waals surface area contributed by atoms with Crippen LogP contribution in [0.2, 0.25) is 0 Å². The molecule has 0 aliphatic heterocycles. The normalized spacial score (nSPS) is 12.7. The van der Waals surface area contributed by atoms with E-state index in [1.807, 2.05) is 32.0 Å². The van der Waals surface area contributed by atoms with Gasteiger partial charge in [-0.3, -0.25) is 4.79 Å². The highest BCUT2D eigenvalue weighted by Gasteiger charge is 2.20. The molecule has 3 nitrogen and oxygen atoms in total. The van der Waals surface area contributed by atoms with Crippen LogP contribution in [0.1, 0.15) is 19.4 Å². The standard InChI is InChI=1S/C14H20BrNO2/c1-10(2)12(14(17)18)9-16-8-7-11-5-3-4-6-13(11)15/h3-6,10,12,16H,7-9H2,1-2H3,(H,17,18). The summed E-state index contributed by atoms with van der Waals surface area (Å²) < 4.78 is 1.10. The molecule has 0 spiro atoms.